The van der Waals surface area contributed by atoms with Gasteiger partial charge in [0.05, 0.1) is 18.8 Å². The van der Waals surface area contributed by atoms with Crippen molar-refractivity contribution < 1.29 is 9.53 Å². The van der Waals surface area contributed by atoms with Crippen LogP contribution in [0.25, 0.3) is 0 Å². The van der Waals surface area contributed by atoms with Crippen molar-refractivity contribution in [2.24, 2.45) is 0 Å². The molecule has 0 unspecified atom stereocenters. The zero-order valence-corrected chi connectivity index (χ0v) is 11.2. The summed E-state index contributed by atoms with van der Waals surface area (Å²) in [5.41, 5.74) is 7.28. The monoisotopic (exact) mass is 263 g/mol. The number of anilines is 2. The molecule has 0 saturated heterocycles. The molecule has 1 fully saturated rings. The van der Waals surface area contributed by atoms with Crippen molar-refractivity contribution in [3.63, 3.8) is 0 Å². The summed E-state index contributed by atoms with van der Waals surface area (Å²) >= 11 is 0. The van der Waals surface area contributed by atoms with Crippen molar-refractivity contribution in [2.45, 2.75) is 32.2 Å². The third kappa shape index (κ3) is 4.35. The highest BCUT2D eigenvalue weighted by Gasteiger charge is 2.22. The standard InChI is InChI=1S/C14H21N3O2/c1-2-7-19-13-8-11(5-6-12(13)15)16-9-14(18)17-10-3-4-10/h5-6,8,10,16H,2-4,7,9,15H2,1H3,(H,17,18). The summed E-state index contributed by atoms with van der Waals surface area (Å²) in [4.78, 5) is 11.6. The molecule has 1 aromatic carbocycles. The Morgan fingerprint density at radius 3 is 2.95 bits per heavy atom. The van der Waals surface area contributed by atoms with E-state index in [0.717, 1.165) is 24.9 Å². The van der Waals surface area contributed by atoms with Crippen LogP contribution >= 0.6 is 0 Å². The van der Waals surface area contributed by atoms with Crippen LogP contribution in [0.2, 0.25) is 0 Å². The number of carbonyl (C=O) groups excluding carboxylic acids is 1. The van der Waals surface area contributed by atoms with Gasteiger partial charge in [-0.15, -0.1) is 0 Å². The van der Waals surface area contributed by atoms with Crippen molar-refractivity contribution in [1.29, 1.82) is 0 Å². The van der Waals surface area contributed by atoms with E-state index in [4.69, 9.17) is 10.5 Å². The van der Waals surface area contributed by atoms with Crippen LogP contribution in [0, 0.1) is 0 Å². The van der Waals surface area contributed by atoms with Crippen molar-refractivity contribution in [3.8, 4) is 5.75 Å². The quantitative estimate of drug-likeness (QED) is 0.655. The molecule has 4 N–H and O–H groups in total. The Kier molecular flexibility index (Phi) is 4.49. The summed E-state index contributed by atoms with van der Waals surface area (Å²) in [6.07, 6.45) is 3.13. The van der Waals surface area contributed by atoms with E-state index < -0.39 is 0 Å². The molecule has 19 heavy (non-hydrogen) atoms. The Morgan fingerprint density at radius 1 is 1.47 bits per heavy atom. The van der Waals surface area contributed by atoms with Crippen molar-refractivity contribution in [3.05, 3.63) is 18.2 Å². The number of nitrogens with one attached hydrogen (secondary N) is 2. The number of hydrogen-bond donors (Lipinski definition) is 3. The predicted molar refractivity (Wildman–Crippen MR) is 76.3 cm³/mol. The van der Waals surface area contributed by atoms with E-state index in [1.807, 2.05) is 19.1 Å². The second-order valence-corrected chi connectivity index (χ2v) is 4.80. The summed E-state index contributed by atoms with van der Waals surface area (Å²) in [5, 5.41) is 6.00. The zero-order chi connectivity index (χ0) is 13.7. The van der Waals surface area contributed by atoms with Gasteiger partial charge in [0.15, 0.2) is 0 Å². The van der Waals surface area contributed by atoms with Gasteiger partial charge < -0.3 is 21.1 Å². The van der Waals surface area contributed by atoms with Crippen LogP contribution in [0.15, 0.2) is 18.2 Å². The van der Waals surface area contributed by atoms with E-state index in [1.54, 1.807) is 6.07 Å². The van der Waals surface area contributed by atoms with Crippen LogP contribution in [0.4, 0.5) is 11.4 Å². The second kappa shape index (κ2) is 6.31. The number of ether oxygens (including phenoxy) is 1. The molecule has 0 atom stereocenters. The first-order valence-corrected chi connectivity index (χ1v) is 6.74. The molecule has 5 heteroatoms. The lowest BCUT2D eigenvalue weighted by molar-refractivity contribution is -0.119. The van der Waals surface area contributed by atoms with Crippen molar-refractivity contribution >= 4 is 17.3 Å². The molecule has 5 nitrogen and oxygen atoms in total. The molecular formula is C14H21N3O2. The number of nitrogen functional groups attached to an aromatic ring is 1. The summed E-state index contributed by atoms with van der Waals surface area (Å²) < 4.78 is 5.54. The highest BCUT2D eigenvalue weighted by molar-refractivity contribution is 5.81. The molecule has 2 rings (SSSR count). The maximum absolute atomic E-state index is 11.6. The fourth-order valence-electron chi connectivity index (χ4n) is 1.67. The molecule has 1 aromatic rings. The van der Waals surface area contributed by atoms with Crippen LogP contribution < -0.4 is 21.1 Å². The van der Waals surface area contributed by atoms with Gasteiger partial charge in [-0.05, 0) is 31.4 Å². The van der Waals surface area contributed by atoms with Gasteiger partial charge in [0.2, 0.25) is 5.91 Å². The number of rotatable bonds is 7. The molecule has 104 valence electrons. The highest BCUT2D eigenvalue weighted by Crippen LogP contribution is 2.25. The first kappa shape index (κ1) is 13.5. The number of carbonyl (C=O) groups is 1. The molecule has 1 saturated carbocycles. The van der Waals surface area contributed by atoms with Gasteiger partial charge in [0.25, 0.3) is 0 Å². The lowest BCUT2D eigenvalue weighted by Gasteiger charge is -2.11. The Morgan fingerprint density at radius 2 is 2.26 bits per heavy atom. The lowest BCUT2D eigenvalue weighted by Crippen LogP contribution is -2.31. The first-order valence-electron chi connectivity index (χ1n) is 6.74. The third-order valence-electron chi connectivity index (χ3n) is 2.87. The average molecular weight is 263 g/mol. The van der Waals surface area contributed by atoms with Gasteiger partial charge in [-0.2, -0.15) is 0 Å². The molecule has 0 bridgehead atoms. The molecule has 1 amide bonds. The Labute approximate surface area is 113 Å². The summed E-state index contributed by atoms with van der Waals surface area (Å²) in [5.74, 6) is 0.685. The number of hydrogen-bond acceptors (Lipinski definition) is 4. The summed E-state index contributed by atoms with van der Waals surface area (Å²) in [6, 6.07) is 5.85. The van der Waals surface area contributed by atoms with Crippen molar-refractivity contribution in [1.82, 2.24) is 5.32 Å². The fourth-order valence-corrected chi connectivity index (χ4v) is 1.67. The van der Waals surface area contributed by atoms with Gasteiger partial charge in [-0.25, -0.2) is 0 Å². The van der Waals surface area contributed by atoms with E-state index in [9.17, 15) is 4.79 Å². The van der Waals surface area contributed by atoms with Crippen LogP contribution in [-0.2, 0) is 4.79 Å². The summed E-state index contributed by atoms with van der Waals surface area (Å²) in [6.45, 7) is 2.95. The molecule has 0 aliphatic heterocycles. The normalized spacial score (nSPS) is 13.9. The zero-order valence-electron chi connectivity index (χ0n) is 11.2. The molecule has 0 spiro atoms. The van der Waals surface area contributed by atoms with E-state index in [-0.39, 0.29) is 12.5 Å². The smallest absolute Gasteiger partial charge is 0.239 e. The highest BCUT2D eigenvalue weighted by atomic mass is 16.5. The topological polar surface area (TPSA) is 76.4 Å². The van der Waals surface area contributed by atoms with E-state index in [1.165, 1.54) is 0 Å². The summed E-state index contributed by atoms with van der Waals surface area (Å²) in [7, 11) is 0. The van der Waals surface area contributed by atoms with Gasteiger partial charge >= 0.3 is 0 Å². The SMILES string of the molecule is CCCOc1cc(NCC(=O)NC2CC2)ccc1N. The number of nitrogens with two attached hydrogens (primary N) is 1. The van der Waals surface area contributed by atoms with E-state index in [2.05, 4.69) is 10.6 Å². The lowest BCUT2D eigenvalue weighted by atomic mass is 10.2. The predicted octanol–water partition coefficient (Wildman–Crippen LogP) is 1.75. The fraction of sp³-hybridized carbons (Fsp3) is 0.500. The van der Waals surface area contributed by atoms with E-state index >= 15 is 0 Å². The number of amides is 1. The minimum Gasteiger partial charge on any atom is -0.491 e. The number of benzene rings is 1. The minimum atomic E-state index is 0.0235. The molecule has 0 heterocycles. The minimum absolute atomic E-state index is 0.0235. The maximum atomic E-state index is 11.6. The molecule has 1 aliphatic rings. The van der Waals surface area contributed by atoms with Gasteiger partial charge in [0.1, 0.15) is 5.75 Å². The average Bonchev–Trinajstić information content (AvgIpc) is 3.20. The maximum Gasteiger partial charge on any atom is 0.239 e. The molecule has 0 aromatic heterocycles. The second-order valence-electron chi connectivity index (χ2n) is 4.80. The van der Waals surface area contributed by atoms with Crippen molar-refractivity contribution in [2.75, 3.05) is 24.2 Å². The Balaban J connectivity index is 1.86. The van der Waals surface area contributed by atoms with Crippen LogP contribution in [0.3, 0.4) is 0 Å². The Bertz CT molecular complexity index is 444. The molecule has 1 aliphatic carbocycles. The molecular weight excluding hydrogens is 242 g/mol. The third-order valence-corrected chi connectivity index (χ3v) is 2.87. The van der Waals surface area contributed by atoms with Gasteiger partial charge in [-0.3, -0.25) is 4.79 Å². The van der Waals surface area contributed by atoms with Gasteiger partial charge in [0, 0.05) is 17.8 Å². The van der Waals surface area contributed by atoms with Crippen LogP contribution in [0.1, 0.15) is 26.2 Å². The van der Waals surface area contributed by atoms with Crippen LogP contribution in [-0.4, -0.2) is 25.1 Å². The molecule has 0 radical (unpaired) electrons. The van der Waals surface area contributed by atoms with E-state index in [0.29, 0.717) is 24.1 Å². The van der Waals surface area contributed by atoms with Crippen LogP contribution in [0.5, 0.6) is 5.75 Å². The van der Waals surface area contributed by atoms with Gasteiger partial charge in [-0.1, -0.05) is 6.92 Å². The largest absolute Gasteiger partial charge is 0.491 e. The Hall–Kier alpha value is -1.91. The first-order chi connectivity index (χ1) is 9.19.